The third-order valence-corrected chi connectivity index (χ3v) is 3.44. The molecule has 1 aromatic rings. The second-order valence-electron chi connectivity index (χ2n) is 3.66. The van der Waals surface area contributed by atoms with E-state index in [1.807, 2.05) is 0 Å². The molecular formula is C11H18N2O2S. The van der Waals surface area contributed by atoms with Gasteiger partial charge in [-0.3, -0.25) is 4.79 Å². The van der Waals surface area contributed by atoms with E-state index in [2.05, 4.69) is 30.6 Å². The zero-order valence-electron chi connectivity index (χ0n) is 9.66. The zero-order valence-corrected chi connectivity index (χ0v) is 10.5. The number of aryl methyl sites for hydroxylation is 1. The predicted octanol–water partition coefficient (Wildman–Crippen LogP) is 1.21. The van der Waals surface area contributed by atoms with Crippen molar-refractivity contribution in [3.8, 4) is 0 Å². The van der Waals surface area contributed by atoms with Crippen molar-refractivity contribution < 1.29 is 9.53 Å². The first-order valence-electron chi connectivity index (χ1n) is 5.24. The molecule has 1 unspecified atom stereocenters. The lowest BCUT2D eigenvalue weighted by atomic mass is 10.2. The van der Waals surface area contributed by atoms with Gasteiger partial charge in [0.05, 0.1) is 6.61 Å². The second kappa shape index (κ2) is 6.62. The maximum absolute atomic E-state index is 10.4. The third-order valence-electron chi connectivity index (χ3n) is 2.24. The average molecular weight is 242 g/mol. The maximum atomic E-state index is 10.4. The van der Waals surface area contributed by atoms with Crippen molar-refractivity contribution in [1.29, 1.82) is 0 Å². The van der Waals surface area contributed by atoms with Crippen molar-refractivity contribution in [2.75, 3.05) is 19.8 Å². The molecule has 1 amide bonds. The molecule has 1 aromatic heterocycles. The van der Waals surface area contributed by atoms with Gasteiger partial charge in [-0.2, -0.15) is 0 Å². The van der Waals surface area contributed by atoms with Gasteiger partial charge in [0, 0.05) is 17.5 Å². The van der Waals surface area contributed by atoms with E-state index < -0.39 is 5.91 Å². The van der Waals surface area contributed by atoms with Gasteiger partial charge in [0.2, 0.25) is 5.91 Å². The number of amides is 1. The first-order chi connectivity index (χ1) is 7.61. The molecule has 0 saturated carbocycles. The smallest absolute Gasteiger partial charge is 0.243 e. The van der Waals surface area contributed by atoms with Gasteiger partial charge in [-0.25, -0.2) is 0 Å². The van der Waals surface area contributed by atoms with Crippen molar-refractivity contribution in [2.45, 2.75) is 19.9 Å². The Morgan fingerprint density at radius 1 is 1.69 bits per heavy atom. The molecule has 16 heavy (non-hydrogen) atoms. The summed E-state index contributed by atoms with van der Waals surface area (Å²) >= 11 is 1.75. The summed E-state index contributed by atoms with van der Waals surface area (Å²) in [4.78, 5) is 11.7. The van der Waals surface area contributed by atoms with Crippen LogP contribution in [0.3, 0.4) is 0 Å². The molecule has 0 fully saturated rings. The van der Waals surface area contributed by atoms with Crippen LogP contribution in [-0.4, -0.2) is 25.7 Å². The van der Waals surface area contributed by atoms with Gasteiger partial charge in [0.1, 0.15) is 6.61 Å². The van der Waals surface area contributed by atoms with Crippen LogP contribution >= 0.6 is 11.3 Å². The lowest BCUT2D eigenvalue weighted by Crippen LogP contribution is -2.25. The van der Waals surface area contributed by atoms with E-state index in [1.165, 1.54) is 10.4 Å². The molecule has 1 heterocycles. The monoisotopic (exact) mass is 242 g/mol. The summed E-state index contributed by atoms with van der Waals surface area (Å²) in [5.41, 5.74) is 6.26. The molecule has 4 nitrogen and oxygen atoms in total. The molecule has 0 aliphatic carbocycles. The van der Waals surface area contributed by atoms with E-state index in [0.29, 0.717) is 19.2 Å². The predicted molar refractivity (Wildman–Crippen MR) is 65.5 cm³/mol. The Labute approximate surface area is 99.8 Å². The van der Waals surface area contributed by atoms with E-state index >= 15 is 0 Å². The van der Waals surface area contributed by atoms with Gasteiger partial charge >= 0.3 is 0 Å². The van der Waals surface area contributed by atoms with Crippen molar-refractivity contribution >= 4 is 17.2 Å². The third kappa shape index (κ3) is 4.30. The first-order valence-corrected chi connectivity index (χ1v) is 6.12. The Morgan fingerprint density at radius 3 is 3.00 bits per heavy atom. The van der Waals surface area contributed by atoms with Crippen LogP contribution in [0.15, 0.2) is 11.4 Å². The summed E-state index contributed by atoms with van der Waals surface area (Å²) in [6.07, 6.45) is 0. The number of ether oxygens (including phenoxy) is 1. The van der Waals surface area contributed by atoms with Crippen LogP contribution < -0.4 is 11.1 Å². The topological polar surface area (TPSA) is 64.3 Å². The van der Waals surface area contributed by atoms with Gasteiger partial charge in [-0.15, -0.1) is 11.3 Å². The number of primary amides is 1. The molecule has 0 aromatic carbocycles. The van der Waals surface area contributed by atoms with Gasteiger partial charge in [0.25, 0.3) is 0 Å². The number of carbonyl (C=O) groups excluding carboxylic acids is 1. The fraction of sp³-hybridized carbons (Fsp3) is 0.545. The van der Waals surface area contributed by atoms with Gasteiger partial charge in [0.15, 0.2) is 0 Å². The molecule has 1 rings (SSSR count). The number of hydrogen-bond donors (Lipinski definition) is 2. The quantitative estimate of drug-likeness (QED) is 0.706. The lowest BCUT2D eigenvalue weighted by molar-refractivity contribution is -0.122. The lowest BCUT2D eigenvalue weighted by Gasteiger charge is -2.13. The molecule has 1 atom stereocenters. The zero-order chi connectivity index (χ0) is 12.0. The summed E-state index contributed by atoms with van der Waals surface area (Å²) in [6, 6.07) is 2.43. The highest BCUT2D eigenvalue weighted by Gasteiger charge is 2.08. The van der Waals surface area contributed by atoms with E-state index in [1.54, 1.807) is 11.3 Å². The number of nitrogens with two attached hydrogens (primary N) is 1. The van der Waals surface area contributed by atoms with Gasteiger partial charge < -0.3 is 15.8 Å². The van der Waals surface area contributed by atoms with Crippen LogP contribution in [0, 0.1) is 6.92 Å². The summed E-state index contributed by atoms with van der Waals surface area (Å²) in [5.74, 6) is -0.429. The van der Waals surface area contributed by atoms with Crippen molar-refractivity contribution in [1.82, 2.24) is 5.32 Å². The Balaban J connectivity index is 2.18. The average Bonchev–Trinajstić information content (AvgIpc) is 2.63. The highest BCUT2D eigenvalue weighted by molar-refractivity contribution is 7.10. The minimum absolute atomic E-state index is 0.00586. The molecule has 90 valence electrons. The summed E-state index contributed by atoms with van der Waals surface area (Å²) in [5, 5.41) is 5.42. The molecule has 0 saturated heterocycles. The largest absolute Gasteiger partial charge is 0.370 e. The SMILES string of the molecule is Cc1ccsc1C(C)NCCOCC(N)=O. The molecule has 0 spiro atoms. The standard InChI is InChI=1S/C11H18N2O2S/c1-8-3-6-16-11(8)9(2)13-4-5-15-7-10(12)14/h3,6,9,13H,4-5,7H2,1-2H3,(H2,12,14). The highest BCUT2D eigenvalue weighted by atomic mass is 32.1. The Bertz CT molecular complexity index is 338. The van der Waals surface area contributed by atoms with E-state index in [4.69, 9.17) is 10.5 Å². The van der Waals surface area contributed by atoms with Gasteiger partial charge in [-0.05, 0) is 30.9 Å². The molecule has 0 bridgehead atoms. The molecule has 0 radical (unpaired) electrons. The first kappa shape index (κ1) is 13.2. The maximum Gasteiger partial charge on any atom is 0.243 e. The number of nitrogens with one attached hydrogen (secondary N) is 1. The Hall–Kier alpha value is -0.910. The number of hydrogen-bond acceptors (Lipinski definition) is 4. The minimum atomic E-state index is -0.429. The number of thiophene rings is 1. The molecule has 0 aliphatic rings. The molecule has 0 aliphatic heterocycles. The van der Waals surface area contributed by atoms with Crippen LogP contribution in [0.25, 0.3) is 0 Å². The highest BCUT2D eigenvalue weighted by Crippen LogP contribution is 2.22. The van der Waals surface area contributed by atoms with Gasteiger partial charge in [-0.1, -0.05) is 0 Å². The molecule has 5 heteroatoms. The summed E-state index contributed by atoms with van der Waals surface area (Å²) < 4.78 is 5.06. The number of carbonyl (C=O) groups is 1. The Morgan fingerprint density at radius 2 is 2.44 bits per heavy atom. The van der Waals surface area contributed by atoms with E-state index in [-0.39, 0.29) is 6.61 Å². The van der Waals surface area contributed by atoms with Crippen LogP contribution in [0.5, 0.6) is 0 Å². The van der Waals surface area contributed by atoms with Crippen LogP contribution in [0.2, 0.25) is 0 Å². The Kier molecular flexibility index (Phi) is 5.45. The van der Waals surface area contributed by atoms with Crippen molar-refractivity contribution in [3.63, 3.8) is 0 Å². The minimum Gasteiger partial charge on any atom is -0.370 e. The second-order valence-corrected chi connectivity index (χ2v) is 4.61. The fourth-order valence-electron chi connectivity index (χ4n) is 1.44. The van der Waals surface area contributed by atoms with Crippen LogP contribution in [-0.2, 0) is 9.53 Å². The normalized spacial score (nSPS) is 12.6. The van der Waals surface area contributed by atoms with Crippen LogP contribution in [0.1, 0.15) is 23.4 Å². The fourth-order valence-corrected chi connectivity index (χ4v) is 2.40. The van der Waals surface area contributed by atoms with E-state index in [0.717, 1.165) is 0 Å². The molecule has 3 N–H and O–H groups in total. The van der Waals surface area contributed by atoms with Crippen LogP contribution in [0.4, 0.5) is 0 Å². The van der Waals surface area contributed by atoms with Crippen molar-refractivity contribution in [2.24, 2.45) is 5.73 Å². The van der Waals surface area contributed by atoms with E-state index in [9.17, 15) is 4.79 Å². The summed E-state index contributed by atoms with van der Waals surface area (Å²) in [6.45, 7) is 5.43. The summed E-state index contributed by atoms with van der Waals surface area (Å²) in [7, 11) is 0. The van der Waals surface area contributed by atoms with Crippen molar-refractivity contribution in [3.05, 3.63) is 21.9 Å². The molecular weight excluding hydrogens is 224 g/mol. The number of rotatable bonds is 7.